The lowest BCUT2D eigenvalue weighted by Gasteiger charge is -2.27. The highest BCUT2D eigenvalue weighted by Gasteiger charge is 2.27. The summed E-state index contributed by atoms with van der Waals surface area (Å²) in [4.78, 5) is 11.4. The summed E-state index contributed by atoms with van der Waals surface area (Å²) < 4.78 is 7.28. The minimum atomic E-state index is 0.0411. The molecule has 1 fully saturated rings. The highest BCUT2D eigenvalue weighted by molar-refractivity contribution is 5.20. The third-order valence-electron chi connectivity index (χ3n) is 3.06. The standard InChI is InChI=1S/C9H12N2O2/c12-9-7-4-13-5-8(7)11(10-9)6-2-1-3-6/h6H,1-5H2,(H,10,12). The van der Waals surface area contributed by atoms with Crippen LogP contribution >= 0.6 is 0 Å². The number of aromatic nitrogens is 2. The normalized spacial score (nSPS) is 21.5. The van der Waals surface area contributed by atoms with E-state index in [4.69, 9.17) is 4.74 Å². The first-order valence-electron chi connectivity index (χ1n) is 4.76. The summed E-state index contributed by atoms with van der Waals surface area (Å²) in [6.45, 7) is 1.09. The number of H-pyrrole nitrogens is 1. The molecule has 2 aliphatic rings. The van der Waals surface area contributed by atoms with E-state index in [1.165, 1.54) is 19.3 Å². The van der Waals surface area contributed by atoms with Crippen LogP contribution in [0.5, 0.6) is 0 Å². The maximum absolute atomic E-state index is 11.4. The van der Waals surface area contributed by atoms with Crippen LogP contribution in [0.25, 0.3) is 0 Å². The molecule has 1 aromatic heterocycles. The summed E-state index contributed by atoms with van der Waals surface area (Å²) in [7, 11) is 0. The second kappa shape index (κ2) is 2.48. The lowest BCUT2D eigenvalue weighted by atomic mass is 9.93. The molecule has 0 spiro atoms. The van der Waals surface area contributed by atoms with Crippen LogP contribution in [0, 0.1) is 0 Å². The van der Waals surface area contributed by atoms with E-state index in [9.17, 15) is 4.79 Å². The second-order valence-corrected chi connectivity index (χ2v) is 3.81. The minimum absolute atomic E-state index is 0.0411. The Hall–Kier alpha value is -1.03. The number of rotatable bonds is 1. The second-order valence-electron chi connectivity index (χ2n) is 3.81. The van der Waals surface area contributed by atoms with Crippen molar-refractivity contribution in [2.75, 3.05) is 0 Å². The van der Waals surface area contributed by atoms with Crippen molar-refractivity contribution in [2.45, 2.75) is 38.5 Å². The predicted molar refractivity (Wildman–Crippen MR) is 46.4 cm³/mol. The summed E-state index contributed by atoms with van der Waals surface area (Å²) in [5.41, 5.74) is 1.96. The molecule has 2 heterocycles. The van der Waals surface area contributed by atoms with Crippen molar-refractivity contribution in [2.24, 2.45) is 0 Å². The van der Waals surface area contributed by atoms with Crippen molar-refractivity contribution in [3.8, 4) is 0 Å². The average molecular weight is 180 g/mol. The number of aromatic amines is 1. The first-order valence-corrected chi connectivity index (χ1v) is 4.76. The van der Waals surface area contributed by atoms with Crippen LogP contribution < -0.4 is 5.56 Å². The van der Waals surface area contributed by atoms with Gasteiger partial charge in [-0.1, -0.05) is 0 Å². The molecule has 1 N–H and O–H groups in total. The van der Waals surface area contributed by atoms with E-state index in [1.807, 2.05) is 4.68 Å². The van der Waals surface area contributed by atoms with Gasteiger partial charge in [0.1, 0.15) is 0 Å². The maximum Gasteiger partial charge on any atom is 0.269 e. The van der Waals surface area contributed by atoms with E-state index in [2.05, 4.69) is 5.10 Å². The summed E-state index contributed by atoms with van der Waals surface area (Å²) in [6, 6.07) is 0.526. The molecular formula is C9H12N2O2. The maximum atomic E-state index is 11.4. The van der Waals surface area contributed by atoms with Crippen molar-refractivity contribution < 1.29 is 4.74 Å². The molecule has 1 aliphatic heterocycles. The smallest absolute Gasteiger partial charge is 0.269 e. The molecule has 1 aliphatic carbocycles. The molecule has 0 saturated heterocycles. The molecule has 4 heteroatoms. The number of hydrogen-bond donors (Lipinski definition) is 1. The molecule has 70 valence electrons. The van der Waals surface area contributed by atoms with Gasteiger partial charge in [0.25, 0.3) is 5.56 Å². The van der Waals surface area contributed by atoms with Crippen molar-refractivity contribution in [1.82, 2.24) is 9.78 Å². The number of ether oxygens (including phenoxy) is 1. The van der Waals surface area contributed by atoms with Gasteiger partial charge in [-0.2, -0.15) is 0 Å². The van der Waals surface area contributed by atoms with E-state index in [1.54, 1.807) is 0 Å². The minimum Gasteiger partial charge on any atom is -0.370 e. The summed E-state index contributed by atoms with van der Waals surface area (Å²) in [5.74, 6) is 0. The highest BCUT2D eigenvalue weighted by atomic mass is 16.5. The molecule has 0 unspecified atom stereocenters. The quantitative estimate of drug-likeness (QED) is 0.698. The number of hydrogen-bond acceptors (Lipinski definition) is 2. The molecule has 0 bridgehead atoms. The number of nitrogens with zero attached hydrogens (tertiary/aromatic N) is 1. The predicted octanol–water partition coefficient (Wildman–Crippen LogP) is 0.932. The van der Waals surface area contributed by atoms with Crippen molar-refractivity contribution in [3.63, 3.8) is 0 Å². The monoisotopic (exact) mass is 180 g/mol. The lowest BCUT2D eigenvalue weighted by Crippen LogP contribution is -2.21. The molecule has 13 heavy (non-hydrogen) atoms. The number of fused-ring (bicyclic) bond motifs is 1. The van der Waals surface area contributed by atoms with Crippen LogP contribution in [0.1, 0.15) is 36.6 Å². The molecular weight excluding hydrogens is 168 g/mol. The Balaban J connectivity index is 2.09. The Morgan fingerprint density at radius 2 is 2.23 bits per heavy atom. The Kier molecular flexibility index (Phi) is 1.41. The first-order chi connectivity index (χ1) is 6.36. The van der Waals surface area contributed by atoms with Crippen molar-refractivity contribution in [3.05, 3.63) is 21.6 Å². The van der Waals surface area contributed by atoms with Gasteiger partial charge in [-0.15, -0.1) is 0 Å². The van der Waals surface area contributed by atoms with E-state index in [0.717, 1.165) is 11.3 Å². The van der Waals surface area contributed by atoms with Gasteiger partial charge in [-0.05, 0) is 19.3 Å². The fourth-order valence-corrected chi connectivity index (χ4v) is 2.03. The van der Waals surface area contributed by atoms with Crippen molar-refractivity contribution in [1.29, 1.82) is 0 Å². The van der Waals surface area contributed by atoms with Crippen LogP contribution in [-0.2, 0) is 18.0 Å². The summed E-state index contributed by atoms with van der Waals surface area (Å²) in [5, 5.41) is 2.90. The summed E-state index contributed by atoms with van der Waals surface area (Å²) >= 11 is 0. The molecule has 3 rings (SSSR count). The van der Waals surface area contributed by atoms with E-state index >= 15 is 0 Å². The van der Waals surface area contributed by atoms with Gasteiger partial charge in [0.05, 0.1) is 30.5 Å². The van der Waals surface area contributed by atoms with Gasteiger partial charge in [-0.25, -0.2) is 0 Å². The molecule has 1 saturated carbocycles. The molecule has 1 aromatic rings. The topological polar surface area (TPSA) is 47.0 Å². The van der Waals surface area contributed by atoms with E-state index in [0.29, 0.717) is 19.3 Å². The van der Waals surface area contributed by atoms with Gasteiger partial charge < -0.3 is 4.74 Å². The zero-order valence-corrected chi connectivity index (χ0v) is 7.38. The van der Waals surface area contributed by atoms with Crippen LogP contribution in [0.15, 0.2) is 4.79 Å². The average Bonchev–Trinajstić information content (AvgIpc) is 2.53. The Morgan fingerprint density at radius 3 is 2.92 bits per heavy atom. The van der Waals surface area contributed by atoms with Crippen LogP contribution in [0.4, 0.5) is 0 Å². The lowest BCUT2D eigenvalue weighted by molar-refractivity contribution is 0.125. The Labute approximate surface area is 75.5 Å². The summed E-state index contributed by atoms with van der Waals surface area (Å²) in [6.07, 6.45) is 3.66. The molecule has 4 nitrogen and oxygen atoms in total. The SMILES string of the molecule is O=c1[nH]n(C2CCC2)c2c1COC2. The van der Waals surface area contributed by atoms with Gasteiger partial charge >= 0.3 is 0 Å². The third kappa shape index (κ3) is 0.920. The van der Waals surface area contributed by atoms with Crippen LogP contribution in [-0.4, -0.2) is 9.78 Å². The fourth-order valence-electron chi connectivity index (χ4n) is 2.03. The largest absolute Gasteiger partial charge is 0.370 e. The molecule has 0 radical (unpaired) electrons. The van der Waals surface area contributed by atoms with Gasteiger partial charge in [-0.3, -0.25) is 14.6 Å². The fraction of sp³-hybridized carbons (Fsp3) is 0.667. The van der Waals surface area contributed by atoms with Gasteiger partial charge in [0.15, 0.2) is 0 Å². The van der Waals surface area contributed by atoms with Gasteiger partial charge in [0, 0.05) is 0 Å². The van der Waals surface area contributed by atoms with E-state index in [-0.39, 0.29) is 5.56 Å². The van der Waals surface area contributed by atoms with Crippen molar-refractivity contribution >= 4 is 0 Å². The molecule has 0 atom stereocenters. The molecule has 0 aromatic carbocycles. The zero-order chi connectivity index (χ0) is 8.84. The highest BCUT2D eigenvalue weighted by Crippen LogP contribution is 2.33. The van der Waals surface area contributed by atoms with E-state index < -0.39 is 0 Å². The first kappa shape index (κ1) is 7.38. The third-order valence-corrected chi connectivity index (χ3v) is 3.06. The zero-order valence-electron chi connectivity index (χ0n) is 7.38. The Morgan fingerprint density at radius 1 is 1.38 bits per heavy atom. The molecule has 0 amide bonds. The van der Waals surface area contributed by atoms with Gasteiger partial charge in [0.2, 0.25) is 0 Å². The van der Waals surface area contributed by atoms with Crippen LogP contribution in [0.3, 0.4) is 0 Å². The number of nitrogens with one attached hydrogen (secondary N) is 1. The van der Waals surface area contributed by atoms with Crippen LogP contribution in [0.2, 0.25) is 0 Å². The Bertz CT molecular complexity index is 387.